The fourth-order valence-corrected chi connectivity index (χ4v) is 2.33. The van der Waals surface area contributed by atoms with Gasteiger partial charge in [0.2, 0.25) is 0 Å². The Bertz CT molecular complexity index is 690. The fourth-order valence-electron chi connectivity index (χ4n) is 1.97. The van der Waals surface area contributed by atoms with Gasteiger partial charge in [-0.3, -0.25) is 9.59 Å². The van der Waals surface area contributed by atoms with Gasteiger partial charge in [0.05, 0.1) is 0 Å². The molecule has 5 heteroatoms. The summed E-state index contributed by atoms with van der Waals surface area (Å²) in [6.45, 7) is 3.93. The zero-order valence-electron chi connectivity index (χ0n) is 11.3. The number of carbonyl (C=O) groups excluding carboxylic acids is 1. The van der Waals surface area contributed by atoms with Crippen LogP contribution in [0.2, 0.25) is 0 Å². The van der Waals surface area contributed by atoms with Crippen LogP contribution in [0, 0.1) is 17.4 Å². The monoisotopic (exact) mass is 382 g/mol. The number of halogens is 1. The van der Waals surface area contributed by atoms with Crippen molar-refractivity contribution in [2.45, 2.75) is 20.4 Å². The van der Waals surface area contributed by atoms with Crippen molar-refractivity contribution in [3.63, 3.8) is 0 Å². The van der Waals surface area contributed by atoms with Crippen molar-refractivity contribution in [2.24, 2.45) is 0 Å². The molecule has 2 N–H and O–H groups in total. The highest BCUT2D eigenvalue weighted by Gasteiger charge is 2.09. The molecule has 2 rings (SSSR count). The highest BCUT2D eigenvalue weighted by molar-refractivity contribution is 14.1. The van der Waals surface area contributed by atoms with E-state index in [4.69, 9.17) is 0 Å². The summed E-state index contributed by atoms with van der Waals surface area (Å²) < 4.78 is 1.07. The summed E-state index contributed by atoms with van der Waals surface area (Å²) >= 11 is 2.19. The standard InChI is InChI=1S/C15H15IN2O2/c1-9-7-10(2)18-15(20)13(9)8-17-14(19)11-3-5-12(16)6-4-11/h3-7H,8H2,1-2H3,(H,17,19)(H,18,20). The van der Waals surface area contributed by atoms with E-state index in [2.05, 4.69) is 32.9 Å². The van der Waals surface area contributed by atoms with Crippen LogP contribution in [0.5, 0.6) is 0 Å². The molecule has 0 saturated heterocycles. The Morgan fingerprint density at radius 3 is 2.50 bits per heavy atom. The number of nitrogens with one attached hydrogen (secondary N) is 2. The molecule has 0 aliphatic carbocycles. The van der Waals surface area contributed by atoms with Crippen molar-refractivity contribution >= 4 is 28.5 Å². The minimum atomic E-state index is -0.180. The number of amides is 1. The Morgan fingerprint density at radius 2 is 1.90 bits per heavy atom. The van der Waals surface area contributed by atoms with E-state index < -0.39 is 0 Å². The van der Waals surface area contributed by atoms with Crippen LogP contribution in [0.4, 0.5) is 0 Å². The van der Waals surface area contributed by atoms with E-state index in [1.165, 1.54) is 0 Å². The van der Waals surface area contributed by atoms with Crippen LogP contribution in [0.1, 0.15) is 27.2 Å². The van der Waals surface area contributed by atoms with E-state index in [1.54, 1.807) is 12.1 Å². The second-order valence-corrected chi connectivity index (χ2v) is 5.88. The first-order valence-corrected chi connectivity index (χ1v) is 7.28. The summed E-state index contributed by atoms with van der Waals surface area (Å²) in [5.41, 5.74) is 2.74. The summed E-state index contributed by atoms with van der Waals surface area (Å²) in [4.78, 5) is 26.6. The molecule has 1 aromatic heterocycles. The SMILES string of the molecule is Cc1cc(C)c(CNC(=O)c2ccc(I)cc2)c(=O)[nH]1. The lowest BCUT2D eigenvalue weighted by Gasteiger charge is -2.08. The second-order valence-electron chi connectivity index (χ2n) is 4.63. The molecule has 0 spiro atoms. The van der Waals surface area contributed by atoms with E-state index >= 15 is 0 Å². The summed E-state index contributed by atoms with van der Waals surface area (Å²) in [6.07, 6.45) is 0. The van der Waals surface area contributed by atoms with Crippen LogP contribution >= 0.6 is 22.6 Å². The molecular formula is C15H15IN2O2. The number of hydrogen-bond donors (Lipinski definition) is 2. The second kappa shape index (κ2) is 6.21. The number of H-pyrrole nitrogens is 1. The summed E-state index contributed by atoms with van der Waals surface area (Å²) in [6, 6.07) is 9.18. The van der Waals surface area contributed by atoms with E-state index in [9.17, 15) is 9.59 Å². The van der Waals surface area contributed by atoms with Crippen molar-refractivity contribution in [3.05, 3.63) is 66.6 Å². The lowest BCUT2D eigenvalue weighted by atomic mass is 10.1. The normalized spacial score (nSPS) is 10.3. The maximum atomic E-state index is 12.0. The minimum Gasteiger partial charge on any atom is -0.348 e. The van der Waals surface area contributed by atoms with Gasteiger partial charge < -0.3 is 10.3 Å². The molecule has 2 aromatic rings. The average molecular weight is 382 g/mol. The van der Waals surface area contributed by atoms with Crippen molar-refractivity contribution < 1.29 is 4.79 Å². The van der Waals surface area contributed by atoms with Gasteiger partial charge in [0.15, 0.2) is 0 Å². The van der Waals surface area contributed by atoms with E-state index in [0.717, 1.165) is 14.8 Å². The van der Waals surface area contributed by atoms with Crippen molar-refractivity contribution in [3.8, 4) is 0 Å². The van der Waals surface area contributed by atoms with Crippen molar-refractivity contribution in [2.75, 3.05) is 0 Å². The largest absolute Gasteiger partial charge is 0.348 e. The van der Waals surface area contributed by atoms with Gasteiger partial charge in [-0.25, -0.2) is 0 Å². The Balaban J connectivity index is 2.11. The third kappa shape index (κ3) is 3.47. The number of rotatable bonds is 3. The van der Waals surface area contributed by atoms with Crippen LogP contribution in [0.15, 0.2) is 35.1 Å². The van der Waals surface area contributed by atoms with E-state index in [1.807, 2.05) is 32.0 Å². The zero-order chi connectivity index (χ0) is 14.7. The molecule has 0 aliphatic rings. The molecule has 104 valence electrons. The molecule has 0 bridgehead atoms. The number of carbonyl (C=O) groups is 1. The quantitative estimate of drug-likeness (QED) is 0.802. The molecule has 20 heavy (non-hydrogen) atoms. The van der Waals surface area contributed by atoms with Gasteiger partial charge in [-0.2, -0.15) is 0 Å². The molecule has 0 radical (unpaired) electrons. The van der Waals surface area contributed by atoms with Gasteiger partial charge in [0.25, 0.3) is 11.5 Å². The third-order valence-electron chi connectivity index (χ3n) is 3.03. The van der Waals surface area contributed by atoms with Crippen LogP contribution in [-0.4, -0.2) is 10.9 Å². The van der Waals surface area contributed by atoms with Crippen LogP contribution in [0.3, 0.4) is 0 Å². The number of aryl methyl sites for hydroxylation is 2. The van der Waals surface area contributed by atoms with E-state index in [0.29, 0.717) is 11.1 Å². The Kier molecular flexibility index (Phi) is 4.59. The van der Waals surface area contributed by atoms with Crippen molar-refractivity contribution in [1.82, 2.24) is 10.3 Å². The molecular weight excluding hydrogens is 367 g/mol. The van der Waals surface area contributed by atoms with Crippen molar-refractivity contribution in [1.29, 1.82) is 0 Å². The van der Waals surface area contributed by atoms with Gasteiger partial charge in [0.1, 0.15) is 0 Å². The lowest BCUT2D eigenvalue weighted by Crippen LogP contribution is -2.27. The Morgan fingerprint density at radius 1 is 1.25 bits per heavy atom. The Hall–Kier alpha value is -1.63. The lowest BCUT2D eigenvalue weighted by molar-refractivity contribution is 0.0950. The van der Waals surface area contributed by atoms with E-state index in [-0.39, 0.29) is 18.0 Å². The predicted octanol–water partition coefficient (Wildman–Crippen LogP) is 2.53. The molecule has 0 aliphatic heterocycles. The van der Waals surface area contributed by atoms with Gasteiger partial charge >= 0.3 is 0 Å². The predicted molar refractivity (Wildman–Crippen MR) is 86.9 cm³/mol. The maximum Gasteiger partial charge on any atom is 0.253 e. The van der Waals surface area contributed by atoms with Gasteiger partial charge in [-0.1, -0.05) is 0 Å². The zero-order valence-corrected chi connectivity index (χ0v) is 13.4. The first kappa shape index (κ1) is 14.8. The molecule has 0 saturated carbocycles. The van der Waals surface area contributed by atoms with Gasteiger partial charge in [0, 0.05) is 26.9 Å². The average Bonchev–Trinajstić information content (AvgIpc) is 2.38. The number of aromatic amines is 1. The highest BCUT2D eigenvalue weighted by atomic mass is 127. The number of pyridine rings is 1. The molecule has 0 atom stereocenters. The molecule has 1 heterocycles. The molecule has 0 unspecified atom stereocenters. The molecule has 1 amide bonds. The number of aromatic nitrogens is 1. The highest BCUT2D eigenvalue weighted by Crippen LogP contribution is 2.07. The molecule has 4 nitrogen and oxygen atoms in total. The topological polar surface area (TPSA) is 62.0 Å². The molecule has 0 fully saturated rings. The summed E-state index contributed by atoms with van der Waals surface area (Å²) in [5.74, 6) is -0.180. The first-order valence-electron chi connectivity index (χ1n) is 6.20. The molecule has 1 aromatic carbocycles. The maximum absolute atomic E-state index is 12.0. The smallest absolute Gasteiger partial charge is 0.253 e. The number of benzene rings is 1. The van der Waals surface area contributed by atoms with Gasteiger partial charge in [-0.05, 0) is 72.3 Å². The van der Waals surface area contributed by atoms with Gasteiger partial charge in [-0.15, -0.1) is 0 Å². The van der Waals surface area contributed by atoms with Crippen LogP contribution in [-0.2, 0) is 6.54 Å². The number of hydrogen-bond acceptors (Lipinski definition) is 2. The fraction of sp³-hybridized carbons (Fsp3) is 0.200. The Labute approximate surface area is 130 Å². The first-order chi connectivity index (χ1) is 9.47. The third-order valence-corrected chi connectivity index (χ3v) is 3.75. The van der Waals surface area contributed by atoms with Crippen LogP contribution in [0.25, 0.3) is 0 Å². The summed E-state index contributed by atoms with van der Waals surface area (Å²) in [5, 5.41) is 2.77. The summed E-state index contributed by atoms with van der Waals surface area (Å²) in [7, 11) is 0. The van der Waals surface area contributed by atoms with Crippen LogP contribution < -0.4 is 10.9 Å². The minimum absolute atomic E-state index is 0.148.